The Morgan fingerprint density at radius 2 is 2.00 bits per heavy atom. The van der Waals surface area contributed by atoms with Crippen LogP contribution in [0.1, 0.15) is 31.7 Å². The molecule has 0 bridgehead atoms. The van der Waals surface area contributed by atoms with Crippen LogP contribution in [0.3, 0.4) is 0 Å². The van der Waals surface area contributed by atoms with E-state index in [1.165, 1.54) is 12.8 Å². The largest absolute Gasteiger partial charge is 0.493 e. The number of methoxy groups -OCH3 is 1. The van der Waals surface area contributed by atoms with Gasteiger partial charge in [0.25, 0.3) is 0 Å². The monoisotopic (exact) mass is 539 g/mol. The van der Waals surface area contributed by atoms with Crippen LogP contribution in [0.15, 0.2) is 47.6 Å². The zero-order valence-corrected chi connectivity index (χ0v) is 20.8. The van der Waals surface area contributed by atoms with Crippen LogP contribution in [-0.2, 0) is 11.3 Å². The Morgan fingerprint density at radius 3 is 2.77 bits per heavy atom. The lowest BCUT2D eigenvalue weighted by Crippen LogP contribution is -2.30. The molecule has 0 atom stereocenters. The molecule has 2 heterocycles. The molecule has 2 N–H and O–H groups in total. The number of halogens is 1. The molecule has 2 aromatic rings. The number of rotatable bonds is 10. The molecule has 0 spiro atoms. The van der Waals surface area contributed by atoms with Crippen molar-refractivity contribution in [2.75, 3.05) is 50.2 Å². The van der Waals surface area contributed by atoms with Gasteiger partial charge in [-0.05, 0) is 49.6 Å². The van der Waals surface area contributed by atoms with Crippen molar-refractivity contribution in [2.45, 2.75) is 32.7 Å². The standard InChI is InChI=1S/C23H33N5O2.HI/c1-3-24-23(27-20-8-6-9-21(17-20)30-15-7-14-29-2)26-18-19-10-11-25-22(16-19)28-12-4-5-13-28;/h6,8-11,16-17H,3-5,7,12-15,18H2,1-2H3,(H2,24,26,27);1H. The third-order valence-corrected chi connectivity index (χ3v) is 4.86. The van der Waals surface area contributed by atoms with Gasteiger partial charge in [-0.2, -0.15) is 0 Å². The van der Waals surface area contributed by atoms with Gasteiger partial charge in [-0.3, -0.25) is 0 Å². The molecule has 3 rings (SSSR count). The van der Waals surface area contributed by atoms with Crippen LogP contribution in [0, 0.1) is 0 Å². The third kappa shape index (κ3) is 8.53. The zero-order chi connectivity index (χ0) is 21.0. The minimum Gasteiger partial charge on any atom is -0.493 e. The molecule has 0 unspecified atom stereocenters. The summed E-state index contributed by atoms with van der Waals surface area (Å²) in [5.41, 5.74) is 2.09. The van der Waals surface area contributed by atoms with E-state index in [4.69, 9.17) is 14.5 Å². The first-order valence-electron chi connectivity index (χ1n) is 10.8. The fraction of sp³-hybridized carbons (Fsp3) is 0.478. The smallest absolute Gasteiger partial charge is 0.196 e. The molecule has 31 heavy (non-hydrogen) atoms. The van der Waals surface area contributed by atoms with E-state index in [-0.39, 0.29) is 24.0 Å². The van der Waals surface area contributed by atoms with Crippen LogP contribution in [0.2, 0.25) is 0 Å². The van der Waals surface area contributed by atoms with Crippen LogP contribution in [0.4, 0.5) is 11.5 Å². The van der Waals surface area contributed by atoms with E-state index in [0.29, 0.717) is 19.8 Å². The van der Waals surface area contributed by atoms with E-state index in [1.807, 2.05) is 36.5 Å². The van der Waals surface area contributed by atoms with Gasteiger partial charge in [0.05, 0.1) is 13.2 Å². The van der Waals surface area contributed by atoms with Gasteiger partial charge in [-0.15, -0.1) is 24.0 Å². The molecule has 1 fully saturated rings. The van der Waals surface area contributed by atoms with Gasteiger partial charge in [0.2, 0.25) is 0 Å². The number of nitrogens with one attached hydrogen (secondary N) is 2. The van der Waals surface area contributed by atoms with Gasteiger partial charge in [-0.1, -0.05) is 6.07 Å². The van der Waals surface area contributed by atoms with Crippen molar-refractivity contribution in [1.29, 1.82) is 0 Å². The Hall–Kier alpha value is -2.07. The van der Waals surface area contributed by atoms with Crippen LogP contribution in [0.5, 0.6) is 5.75 Å². The molecule has 170 valence electrons. The minimum absolute atomic E-state index is 0. The normalized spacial score (nSPS) is 13.6. The van der Waals surface area contributed by atoms with Gasteiger partial charge in [-0.25, -0.2) is 9.98 Å². The highest BCUT2D eigenvalue weighted by atomic mass is 127. The lowest BCUT2D eigenvalue weighted by atomic mass is 10.2. The topological polar surface area (TPSA) is 71.0 Å². The maximum absolute atomic E-state index is 5.79. The highest BCUT2D eigenvalue weighted by Crippen LogP contribution is 2.19. The van der Waals surface area contributed by atoms with Gasteiger partial charge < -0.3 is 25.0 Å². The van der Waals surface area contributed by atoms with Gasteiger partial charge in [0.1, 0.15) is 11.6 Å². The van der Waals surface area contributed by atoms with Crippen LogP contribution < -0.4 is 20.3 Å². The Labute approximate surface area is 202 Å². The molecule has 1 aromatic carbocycles. The number of nitrogens with zero attached hydrogens (tertiary/aromatic N) is 3. The second-order valence-electron chi connectivity index (χ2n) is 7.26. The van der Waals surface area contributed by atoms with E-state index in [2.05, 4.69) is 33.5 Å². The van der Waals surface area contributed by atoms with Crippen molar-refractivity contribution in [3.63, 3.8) is 0 Å². The molecule has 8 heteroatoms. The van der Waals surface area contributed by atoms with Crippen molar-refractivity contribution in [3.05, 3.63) is 48.2 Å². The van der Waals surface area contributed by atoms with Gasteiger partial charge >= 0.3 is 0 Å². The number of ether oxygens (including phenoxy) is 2. The summed E-state index contributed by atoms with van der Waals surface area (Å²) in [5, 5.41) is 6.68. The first-order valence-corrected chi connectivity index (χ1v) is 10.8. The second kappa shape index (κ2) is 14.1. The molecule has 7 nitrogen and oxygen atoms in total. The van der Waals surface area contributed by atoms with Crippen LogP contribution in [-0.4, -0.2) is 50.9 Å². The summed E-state index contributed by atoms with van der Waals surface area (Å²) in [6.45, 7) is 6.95. The molecule has 1 aliphatic heterocycles. The van der Waals surface area contributed by atoms with E-state index in [1.54, 1.807) is 7.11 Å². The highest BCUT2D eigenvalue weighted by molar-refractivity contribution is 14.0. The Kier molecular flexibility index (Phi) is 11.4. The molecule has 0 aliphatic carbocycles. The first kappa shape index (κ1) is 25.2. The van der Waals surface area contributed by atoms with Crippen molar-refractivity contribution in [1.82, 2.24) is 10.3 Å². The molecule has 0 saturated carbocycles. The van der Waals surface area contributed by atoms with Crippen molar-refractivity contribution in [3.8, 4) is 5.75 Å². The van der Waals surface area contributed by atoms with Crippen molar-refractivity contribution < 1.29 is 9.47 Å². The first-order chi connectivity index (χ1) is 14.8. The Morgan fingerprint density at radius 1 is 1.16 bits per heavy atom. The number of aliphatic imine (C=N–C) groups is 1. The molecule has 1 aliphatic rings. The van der Waals surface area contributed by atoms with Crippen molar-refractivity contribution >= 4 is 41.4 Å². The van der Waals surface area contributed by atoms with Crippen molar-refractivity contribution in [2.24, 2.45) is 4.99 Å². The van der Waals surface area contributed by atoms with Crippen LogP contribution in [0.25, 0.3) is 0 Å². The fourth-order valence-electron chi connectivity index (χ4n) is 3.35. The number of guanidine groups is 1. The molecule has 1 aromatic heterocycles. The number of pyridine rings is 1. The predicted molar refractivity (Wildman–Crippen MR) is 138 cm³/mol. The number of hydrogen-bond donors (Lipinski definition) is 2. The number of anilines is 2. The average Bonchev–Trinajstić information content (AvgIpc) is 3.31. The zero-order valence-electron chi connectivity index (χ0n) is 18.5. The molecular formula is C23H34IN5O2. The highest BCUT2D eigenvalue weighted by Gasteiger charge is 2.13. The quantitative estimate of drug-likeness (QED) is 0.203. The molecule has 1 saturated heterocycles. The Balaban J connectivity index is 0.00000341. The Bertz CT molecular complexity index is 812. The summed E-state index contributed by atoms with van der Waals surface area (Å²) >= 11 is 0. The number of hydrogen-bond acceptors (Lipinski definition) is 5. The predicted octanol–water partition coefficient (Wildman–Crippen LogP) is 4.29. The molecule has 0 radical (unpaired) electrons. The summed E-state index contributed by atoms with van der Waals surface area (Å²) in [4.78, 5) is 11.6. The summed E-state index contributed by atoms with van der Waals surface area (Å²) < 4.78 is 10.8. The summed E-state index contributed by atoms with van der Waals surface area (Å²) in [6.07, 6.45) is 5.23. The van der Waals surface area contributed by atoms with E-state index in [9.17, 15) is 0 Å². The summed E-state index contributed by atoms with van der Waals surface area (Å²) in [6, 6.07) is 12.1. The maximum atomic E-state index is 5.79. The lowest BCUT2D eigenvalue weighted by molar-refractivity contribution is 0.172. The number of benzene rings is 1. The SMILES string of the molecule is CCNC(=NCc1ccnc(N2CCCC2)c1)Nc1cccc(OCCCOC)c1.I. The third-order valence-electron chi connectivity index (χ3n) is 4.86. The minimum atomic E-state index is 0. The van der Waals surface area contributed by atoms with E-state index in [0.717, 1.165) is 54.8 Å². The second-order valence-corrected chi connectivity index (χ2v) is 7.26. The summed E-state index contributed by atoms with van der Waals surface area (Å²) in [5.74, 6) is 2.63. The fourth-order valence-corrected chi connectivity index (χ4v) is 3.35. The average molecular weight is 539 g/mol. The van der Waals surface area contributed by atoms with Gasteiger partial charge in [0.15, 0.2) is 5.96 Å². The van der Waals surface area contributed by atoms with Crippen LogP contribution >= 0.6 is 24.0 Å². The maximum Gasteiger partial charge on any atom is 0.196 e. The van der Waals surface area contributed by atoms with Gasteiger partial charge in [0, 0.05) is 57.7 Å². The van der Waals surface area contributed by atoms with E-state index >= 15 is 0 Å². The molecular weight excluding hydrogens is 505 g/mol. The molecule has 0 amide bonds. The number of aromatic nitrogens is 1. The summed E-state index contributed by atoms with van der Waals surface area (Å²) in [7, 11) is 1.70. The van der Waals surface area contributed by atoms with E-state index < -0.39 is 0 Å². The lowest BCUT2D eigenvalue weighted by Gasteiger charge is -2.16.